The molecular weight excluding hydrogens is 322 g/mol. The number of hydrogen-bond donors (Lipinski definition) is 1. The van der Waals surface area contributed by atoms with Crippen LogP contribution < -0.4 is 4.90 Å². The lowest BCUT2D eigenvalue weighted by Crippen LogP contribution is -2.44. The zero-order valence-corrected chi connectivity index (χ0v) is 14.6. The molecule has 1 aromatic rings. The molecule has 25 heavy (non-hydrogen) atoms. The number of carboxylic acid groups (broad SMARTS) is 1. The van der Waals surface area contributed by atoms with E-state index in [9.17, 15) is 14.7 Å². The highest BCUT2D eigenvalue weighted by molar-refractivity contribution is 5.94. The molecule has 2 aliphatic rings. The number of rotatable bonds is 3. The second-order valence-corrected chi connectivity index (χ2v) is 6.70. The number of carbonyl (C=O) groups is 2. The third kappa shape index (κ3) is 4.29. The fourth-order valence-corrected chi connectivity index (χ4v) is 3.21. The lowest BCUT2D eigenvalue weighted by Gasteiger charge is -2.34. The second-order valence-electron chi connectivity index (χ2n) is 6.70. The van der Waals surface area contributed by atoms with Gasteiger partial charge in [0.05, 0.1) is 19.1 Å². The first-order valence-electron chi connectivity index (χ1n) is 8.68. The fourth-order valence-electron chi connectivity index (χ4n) is 3.21. The largest absolute Gasteiger partial charge is 0.481 e. The van der Waals surface area contributed by atoms with Gasteiger partial charge >= 0.3 is 5.97 Å². The van der Waals surface area contributed by atoms with Crippen molar-refractivity contribution < 1.29 is 19.4 Å². The number of hydrogen-bond acceptors (Lipinski definition) is 5. The minimum absolute atomic E-state index is 0.137. The predicted molar refractivity (Wildman–Crippen MR) is 94.0 cm³/mol. The van der Waals surface area contributed by atoms with Gasteiger partial charge in [-0.3, -0.25) is 9.59 Å². The first-order chi connectivity index (χ1) is 12.0. The molecule has 0 aliphatic carbocycles. The summed E-state index contributed by atoms with van der Waals surface area (Å²) in [6, 6.07) is 7.61. The first-order valence-corrected chi connectivity index (χ1v) is 8.68. The molecule has 7 nitrogen and oxygen atoms in total. The van der Waals surface area contributed by atoms with E-state index in [0.29, 0.717) is 18.7 Å². The number of nitrogens with zero attached hydrogens (tertiary/aromatic N) is 3. The quantitative estimate of drug-likeness (QED) is 0.864. The molecule has 1 N–H and O–H groups in total. The third-order valence-electron chi connectivity index (χ3n) is 4.88. The van der Waals surface area contributed by atoms with Crippen LogP contribution in [0, 0.1) is 5.92 Å². The Morgan fingerprint density at radius 3 is 2.40 bits per heavy atom. The number of carbonyl (C=O) groups excluding carboxylic acids is 1. The van der Waals surface area contributed by atoms with E-state index in [1.165, 1.54) is 0 Å². The van der Waals surface area contributed by atoms with Crippen molar-refractivity contribution in [3.8, 4) is 0 Å². The van der Waals surface area contributed by atoms with Crippen LogP contribution in [0.3, 0.4) is 0 Å². The predicted octanol–water partition coefficient (Wildman–Crippen LogP) is 0.612. The fraction of sp³-hybridized carbons (Fsp3) is 0.556. The van der Waals surface area contributed by atoms with Gasteiger partial charge in [-0.15, -0.1) is 0 Å². The molecular formula is C18H25N3O4. The monoisotopic (exact) mass is 347 g/mol. The Balaban J connectivity index is 1.66. The SMILES string of the molecule is CN1CCN(c2ccc(C(=O)N3CCOCC(C(=O)O)C3)cc2)CC1. The molecule has 0 spiro atoms. The van der Waals surface area contributed by atoms with Crippen LogP contribution in [0.15, 0.2) is 24.3 Å². The highest BCUT2D eigenvalue weighted by Gasteiger charge is 2.27. The van der Waals surface area contributed by atoms with E-state index >= 15 is 0 Å². The number of amides is 1. The normalized spacial score (nSPS) is 22.5. The Morgan fingerprint density at radius 1 is 1.08 bits per heavy atom. The summed E-state index contributed by atoms with van der Waals surface area (Å²) in [4.78, 5) is 30.1. The van der Waals surface area contributed by atoms with E-state index in [1.807, 2.05) is 24.3 Å². The highest BCUT2D eigenvalue weighted by atomic mass is 16.5. The number of aliphatic carboxylic acids is 1. The second kappa shape index (κ2) is 7.84. The molecule has 0 saturated carbocycles. The van der Waals surface area contributed by atoms with Gasteiger partial charge in [0.1, 0.15) is 0 Å². The summed E-state index contributed by atoms with van der Waals surface area (Å²) in [6.07, 6.45) is 0. The zero-order chi connectivity index (χ0) is 17.8. The number of anilines is 1. The number of ether oxygens (including phenoxy) is 1. The van der Waals surface area contributed by atoms with Gasteiger partial charge in [-0.2, -0.15) is 0 Å². The van der Waals surface area contributed by atoms with Crippen molar-refractivity contribution in [1.82, 2.24) is 9.80 Å². The molecule has 1 atom stereocenters. The van der Waals surface area contributed by atoms with E-state index in [-0.39, 0.29) is 19.1 Å². The molecule has 0 bridgehead atoms. The molecule has 2 fully saturated rings. The highest BCUT2D eigenvalue weighted by Crippen LogP contribution is 2.19. The average molecular weight is 347 g/mol. The van der Waals surface area contributed by atoms with Crippen LogP contribution in [0.25, 0.3) is 0 Å². The Bertz CT molecular complexity index is 611. The Morgan fingerprint density at radius 2 is 1.76 bits per heavy atom. The molecule has 1 unspecified atom stereocenters. The summed E-state index contributed by atoms with van der Waals surface area (Å²) in [5.74, 6) is -1.73. The lowest BCUT2D eigenvalue weighted by molar-refractivity contribution is -0.143. The van der Waals surface area contributed by atoms with Crippen LogP contribution >= 0.6 is 0 Å². The van der Waals surface area contributed by atoms with Crippen molar-refractivity contribution in [3.05, 3.63) is 29.8 Å². The number of likely N-dealkylation sites (N-methyl/N-ethyl adjacent to an activating group) is 1. The van der Waals surface area contributed by atoms with Crippen LogP contribution in [0.4, 0.5) is 5.69 Å². The van der Waals surface area contributed by atoms with E-state index in [0.717, 1.165) is 31.9 Å². The number of carboxylic acids is 1. The maximum absolute atomic E-state index is 12.7. The van der Waals surface area contributed by atoms with Gasteiger partial charge in [0.15, 0.2) is 0 Å². The van der Waals surface area contributed by atoms with Gasteiger partial charge in [0.25, 0.3) is 5.91 Å². The molecule has 2 heterocycles. The molecule has 0 aromatic heterocycles. The van der Waals surface area contributed by atoms with Crippen molar-refractivity contribution in [2.24, 2.45) is 5.92 Å². The summed E-state index contributed by atoms with van der Waals surface area (Å²) in [6.45, 7) is 5.16. The van der Waals surface area contributed by atoms with Crippen molar-refractivity contribution in [3.63, 3.8) is 0 Å². The van der Waals surface area contributed by atoms with E-state index in [2.05, 4.69) is 16.8 Å². The first kappa shape index (κ1) is 17.7. The topological polar surface area (TPSA) is 73.3 Å². The molecule has 3 rings (SSSR count). The van der Waals surface area contributed by atoms with E-state index < -0.39 is 11.9 Å². The van der Waals surface area contributed by atoms with Gasteiger partial charge in [0.2, 0.25) is 0 Å². The minimum atomic E-state index is -0.926. The molecule has 136 valence electrons. The maximum atomic E-state index is 12.7. The molecule has 1 amide bonds. The van der Waals surface area contributed by atoms with Crippen molar-refractivity contribution in [1.29, 1.82) is 0 Å². The van der Waals surface area contributed by atoms with Crippen molar-refractivity contribution in [2.75, 3.05) is 64.4 Å². The number of piperazine rings is 1. The average Bonchev–Trinajstić information content (AvgIpc) is 2.88. The zero-order valence-electron chi connectivity index (χ0n) is 14.6. The lowest BCUT2D eigenvalue weighted by atomic mass is 10.1. The van der Waals surface area contributed by atoms with Crippen molar-refractivity contribution in [2.45, 2.75) is 0 Å². The van der Waals surface area contributed by atoms with Gasteiger partial charge in [-0.1, -0.05) is 0 Å². The molecule has 2 saturated heterocycles. The van der Waals surface area contributed by atoms with Gasteiger partial charge in [-0.25, -0.2) is 0 Å². The van der Waals surface area contributed by atoms with Crippen molar-refractivity contribution >= 4 is 17.6 Å². The van der Waals surface area contributed by atoms with E-state index in [4.69, 9.17) is 4.74 Å². The number of benzene rings is 1. The summed E-state index contributed by atoms with van der Waals surface area (Å²) >= 11 is 0. The summed E-state index contributed by atoms with van der Waals surface area (Å²) in [5.41, 5.74) is 1.70. The molecule has 1 aromatic carbocycles. The smallest absolute Gasteiger partial charge is 0.310 e. The molecule has 0 radical (unpaired) electrons. The van der Waals surface area contributed by atoms with Crippen LogP contribution in [0.5, 0.6) is 0 Å². The Labute approximate surface area is 147 Å². The van der Waals surface area contributed by atoms with Gasteiger partial charge in [0, 0.05) is 50.5 Å². The Kier molecular flexibility index (Phi) is 5.55. The maximum Gasteiger partial charge on any atom is 0.310 e. The van der Waals surface area contributed by atoms with E-state index in [1.54, 1.807) is 4.90 Å². The van der Waals surface area contributed by atoms with Crippen LogP contribution in [0.2, 0.25) is 0 Å². The van der Waals surface area contributed by atoms with Crippen LogP contribution in [-0.2, 0) is 9.53 Å². The van der Waals surface area contributed by atoms with Crippen LogP contribution in [0.1, 0.15) is 10.4 Å². The summed E-state index contributed by atoms with van der Waals surface area (Å²) < 4.78 is 5.31. The third-order valence-corrected chi connectivity index (χ3v) is 4.88. The molecule has 7 heteroatoms. The van der Waals surface area contributed by atoms with Gasteiger partial charge < -0.3 is 24.5 Å². The Hall–Kier alpha value is -2.12. The molecule has 2 aliphatic heterocycles. The summed E-state index contributed by atoms with van der Waals surface area (Å²) in [5, 5.41) is 9.21. The van der Waals surface area contributed by atoms with Gasteiger partial charge in [-0.05, 0) is 31.3 Å². The summed E-state index contributed by atoms with van der Waals surface area (Å²) in [7, 11) is 2.12. The standard InChI is InChI=1S/C18H25N3O4/c1-19-6-8-20(9-7-19)16-4-2-14(3-5-16)17(22)21-10-11-25-13-15(12-21)18(23)24/h2-5,15H,6-13H2,1H3,(H,23,24). The minimum Gasteiger partial charge on any atom is -0.481 e. The van der Waals surface area contributed by atoms with Crippen LogP contribution in [-0.4, -0.2) is 86.3 Å².